The topological polar surface area (TPSA) is 72.7 Å². The fourth-order valence-corrected chi connectivity index (χ4v) is 2.31. The van der Waals surface area contributed by atoms with E-state index in [1.54, 1.807) is 24.4 Å². The number of fused-ring (bicyclic) bond motifs is 1. The lowest BCUT2D eigenvalue weighted by molar-refractivity contribution is -0.123. The van der Waals surface area contributed by atoms with Gasteiger partial charge in [0.2, 0.25) is 5.88 Å². The molecule has 0 unspecified atom stereocenters. The molecule has 0 bridgehead atoms. The van der Waals surface area contributed by atoms with Crippen LogP contribution in [-0.4, -0.2) is 21.9 Å². The fourth-order valence-electron chi connectivity index (χ4n) is 2.31. The van der Waals surface area contributed by atoms with Crippen molar-refractivity contribution in [2.45, 2.75) is 13.5 Å². The van der Waals surface area contributed by atoms with E-state index in [4.69, 9.17) is 4.74 Å². The zero-order valence-electron chi connectivity index (χ0n) is 13.5. The molecule has 0 saturated heterocycles. The summed E-state index contributed by atoms with van der Waals surface area (Å²) in [4.78, 5) is 28.2. The Balaban J connectivity index is 1.62. The van der Waals surface area contributed by atoms with Gasteiger partial charge in [-0.3, -0.25) is 14.0 Å². The monoisotopic (exact) mass is 341 g/mol. The standard InChI is InChI=1S/C18H16FN3O3/c1-12-3-2-8-22-17(24)9-16(21-18(12)22)25-11-15(23)20-10-13-4-6-14(19)7-5-13/h2-9H,10-11H2,1H3,(H,20,23). The smallest absolute Gasteiger partial charge is 0.261 e. The number of halogens is 1. The summed E-state index contributed by atoms with van der Waals surface area (Å²) in [6.07, 6.45) is 1.62. The van der Waals surface area contributed by atoms with E-state index in [1.807, 2.05) is 13.0 Å². The number of pyridine rings is 1. The van der Waals surface area contributed by atoms with Gasteiger partial charge in [0.05, 0.1) is 6.07 Å². The maximum Gasteiger partial charge on any atom is 0.261 e. The lowest BCUT2D eigenvalue weighted by Crippen LogP contribution is -2.29. The first kappa shape index (κ1) is 16.6. The molecule has 0 atom stereocenters. The quantitative estimate of drug-likeness (QED) is 0.769. The van der Waals surface area contributed by atoms with Crippen LogP contribution in [0.25, 0.3) is 5.65 Å². The number of aryl methyl sites for hydroxylation is 1. The van der Waals surface area contributed by atoms with Gasteiger partial charge in [-0.25, -0.2) is 4.39 Å². The Labute approximate surface area is 142 Å². The molecule has 3 aromatic rings. The van der Waals surface area contributed by atoms with Crippen molar-refractivity contribution in [1.29, 1.82) is 0 Å². The van der Waals surface area contributed by atoms with Gasteiger partial charge in [0.25, 0.3) is 11.5 Å². The van der Waals surface area contributed by atoms with Crippen LogP contribution in [-0.2, 0) is 11.3 Å². The van der Waals surface area contributed by atoms with Crippen LogP contribution in [0.3, 0.4) is 0 Å². The number of amides is 1. The molecule has 1 N–H and O–H groups in total. The molecule has 0 aliphatic heterocycles. The number of hydrogen-bond acceptors (Lipinski definition) is 4. The van der Waals surface area contributed by atoms with Gasteiger partial charge in [-0.15, -0.1) is 0 Å². The van der Waals surface area contributed by atoms with E-state index in [1.165, 1.54) is 22.6 Å². The summed E-state index contributed by atoms with van der Waals surface area (Å²) in [5, 5.41) is 2.65. The van der Waals surface area contributed by atoms with E-state index in [2.05, 4.69) is 10.3 Å². The van der Waals surface area contributed by atoms with Crippen LogP contribution in [0, 0.1) is 12.7 Å². The second-order valence-electron chi connectivity index (χ2n) is 5.51. The number of ether oxygens (including phenoxy) is 1. The fraction of sp³-hybridized carbons (Fsp3) is 0.167. The first-order valence-corrected chi connectivity index (χ1v) is 7.66. The normalized spacial score (nSPS) is 10.6. The largest absolute Gasteiger partial charge is 0.467 e. The number of rotatable bonds is 5. The Bertz CT molecular complexity index is 967. The highest BCUT2D eigenvalue weighted by atomic mass is 19.1. The minimum Gasteiger partial charge on any atom is -0.467 e. The van der Waals surface area contributed by atoms with E-state index in [0.717, 1.165) is 11.1 Å². The van der Waals surface area contributed by atoms with Gasteiger partial charge < -0.3 is 10.1 Å². The lowest BCUT2D eigenvalue weighted by atomic mass is 10.2. The van der Waals surface area contributed by atoms with E-state index in [-0.39, 0.29) is 36.3 Å². The Kier molecular flexibility index (Phi) is 4.74. The lowest BCUT2D eigenvalue weighted by Gasteiger charge is -2.09. The van der Waals surface area contributed by atoms with Crippen molar-refractivity contribution in [3.8, 4) is 5.88 Å². The minimum atomic E-state index is -0.365. The van der Waals surface area contributed by atoms with Crippen LogP contribution < -0.4 is 15.6 Å². The van der Waals surface area contributed by atoms with Crippen molar-refractivity contribution in [3.63, 3.8) is 0 Å². The minimum absolute atomic E-state index is 0.0937. The average molecular weight is 341 g/mol. The maximum atomic E-state index is 12.8. The molecule has 0 aliphatic carbocycles. The highest BCUT2D eigenvalue weighted by molar-refractivity contribution is 5.77. The van der Waals surface area contributed by atoms with Crippen molar-refractivity contribution in [2.24, 2.45) is 0 Å². The van der Waals surface area contributed by atoms with Gasteiger partial charge in [-0.05, 0) is 36.2 Å². The molecule has 0 fully saturated rings. The third kappa shape index (κ3) is 4.00. The van der Waals surface area contributed by atoms with Crippen LogP contribution >= 0.6 is 0 Å². The van der Waals surface area contributed by atoms with E-state index < -0.39 is 0 Å². The molecule has 1 amide bonds. The van der Waals surface area contributed by atoms with Gasteiger partial charge in [0.1, 0.15) is 11.5 Å². The number of hydrogen-bond donors (Lipinski definition) is 1. The Hall–Kier alpha value is -3.22. The highest BCUT2D eigenvalue weighted by Gasteiger charge is 2.08. The summed E-state index contributed by atoms with van der Waals surface area (Å²) in [5.74, 6) is -0.602. The van der Waals surface area contributed by atoms with Crippen LogP contribution in [0.5, 0.6) is 5.88 Å². The third-order valence-electron chi connectivity index (χ3n) is 3.62. The van der Waals surface area contributed by atoms with Crippen molar-refractivity contribution < 1.29 is 13.9 Å². The van der Waals surface area contributed by atoms with Crippen LogP contribution in [0.1, 0.15) is 11.1 Å². The van der Waals surface area contributed by atoms with Gasteiger partial charge in [-0.1, -0.05) is 18.2 Å². The summed E-state index contributed by atoms with van der Waals surface area (Å²) in [6, 6.07) is 10.7. The highest BCUT2D eigenvalue weighted by Crippen LogP contribution is 2.09. The van der Waals surface area contributed by atoms with Gasteiger partial charge in [-0.2, -0.15) is 4.98 Å². The van der Waals surface area contributed by atoms with E-state index >= 15 is 0 Å². The van der Waals surface area contributed by atoms with E-state index in [0.29, 0.717) is 5.65 Å². The molecule has 128 valence electrons. The molecule has 0 radical (unpaired) electrons. The molecule has 0 aliphatic rings. The SMILES string of the molecule is Cc1cccn2c(=O)cc(OCC(=O)NCc3ccc(F)cc3)nc12. The Morgan fingerprint density at radius 2 is 2.04 bits per heavy atom. The summed E-state index contributed by atoms with van der Waals surface area (Å²) in [7, 11) is 0. The van der Waals surface area contributed by atoms with Gasteiger partial charge >= 0.3 is 0 Å². The zero-order chi connectivity index (χ0) is 17.8. The molecule has 2 heterocycles. The van der Waals surface area contributed by atoms with Crippen LogP contribution in [0.15, 0.2) is 53.5 Å². The van der Waals surface area contributed by atoms with Crippen LogP contribution in [0.4, 0.5) is 4.39 Å². The molecule has 0 saturated carbocycles. The summed E-state index contributed by atoms with van der Waals surface area (Å²) < 4.78 is 19.6. The zero-order valence-corrected chi connectivity index (χ0v) is 13.5. The van der Waals surface area contributed by atoms with Crippen molar-refractivity contribution in [1.82, 2.24) is 14.7 Å². The first-order valence-electron chi connectivity index (χ1n) is 7.66. The molecule has 7 heteroatoms. The summed E-state index contributed by atoms with van der Waals surface area (Å²) in [6.45, 7) is 1.83. The number of nitrogens with zero attached hydrogens (tertiary/aromatic N) is 2. The second kappa shape index (κ2) is 7.12. The van der Waals surface area contributed by atoms with Crippen molar-refractivity contribution >= 4 is 11.6 Å². The second-order valence-corrected chi connectivity index (χ2v) is 5.51. The predicted molar refractivity (Wildman–Crippen MR) is 89.9 cm³/mol. The van der Waals surface area contributed by atoms with E-state index in [9.17, 15) is 14.0 Å². The molecule has 3 rings (SSSR count). The number of carbonyl (C=O) groups excluding carboxylic acids is 1. The molecule has 6 nitrogen and oxygen atoms in total. The third-order valence-corrected chi connectivity index (χ3v) is 3.62. The molecule has 2 aromatic heterocycles. The average Bonchev–Trinajstić information content (AvgIpc) is 2.60. The molecular formula is C18H16FN3O3. The van der Waals surface area contributed by atoms with Crippen molar-refractivity contribution in [3.05, 3.63) is 76.0 Å². The predicted octanol–water partition coefficient (Wildman–Crippen LogP) is 1.84. The first-order chi connectivity index (χ1) is 12.0. The number of carbonyl (C=O) groups is 1. The summed E-state index contributed by atoms with van der Waals surface area (Å²) in [5.41, 5.74) is 1.80. The number of nitrogens with one attached hydrogen (secondary N) is 1. The molecule has 25 heavy (non-hydrogen) atoms. The molecular weight excluding hydrogens is 325 g/mol. The Morgan fingerprint density at radius 3 is 2.80 bits per heavy atom. The van der Waals surface area contributed by atoms with Crippen LogP contribution in [0.2, 0.25) is 0 Å². The maximum absolute atomic E-state index is 12.8. The molecule has 0 spiro atoms. The van der Waals surface area contributed by atoms with Crippen molar-refractivity contribution in [2.75, 3.05) is 6.61 Å². The summed E-state index contributed by atoms with van der Waals surface area (Å²) >= 11 is 0. The molecule has 1 aromatic carbocycles. The van der Waals surface area contributed by atoms with Gasteiger partial charge in [0, 0.05) is 12.7 Å². The van der Waals surface area contributed by atoms with Gasteiger partial charge in [0.15, 0.2) is 6.61 Å². The Morgan fingerprint density at radius 1 is 1.28 bits per heavy atom. The number of aromatic nitrogens is 2. The number of benzene rings is 1.